The van der Waals surface area contributed by atoms with Gasteiger partial charge in [-0.2, -0.15) is 0 Å². The van der Waals surface area contributed by atoms with Crippen molar-refractivity contribution in [3.63, 3.8) is 0 Å². The molecule has 0 aliphatic carbocycles. The predicted molar refractivity (Wildman–Crippen MR) is 62.2 cm³/mol. The Hall–Kier alpha value is -2.44. The molecule has 0 saturated carbocycles. The second kappa shape index (κ2) is 5.76. The smallest absolute Gasteiger partial charge is 0.320 e. The minimum Gasteiger partial charge on any atom is -0.480 e. The number of nitrogens with one attached hydrogen (secondary N) is 1. The zero-order valence-corrected chi connectivity index (χ0v) is 9.62. The minimum atomic E-state index is -1.36. The van der Waals surface area contributed by atoms with E-state index in [2.05, 4.69) is 5.32 Å². The van der Waals surface area contributed by atoms with E-state index in [0.29, 0.717) is 6.54 Å². The van der Waals surface area contributed by atoms with Crippen LogP contribution in [0.4, 0.5) is 5.69 Å². The fraction of sp³-hybridized carbons (Fsp3) is 0.273. The molecule has 0 aliphatic heterocycles. The zero-order valence-electron chi connectivity index (χ0n) is 9.62. The van der Waals surface area contributed by atoms with E-state index in [-0.39, 0.29) is 11.3 Å². The van der Waals surface area contributed by atoms with Crippen molar-refractivity contribution < 1.29 is 19.6 Å². The van der Waals surface area contributed by atoms with Gasteiger partial charge in [0, 0.05) is 18.7 Å². The monoisotopic (exact) mass is 252 g/mol. The summed E-state index contributed by atoms with van der Waals surface area (Å²) < 4.78 is 0. The number of amides is 1. The third-order valence-corrected chi connectivity index (χ3v) is 2.30. The number of aliphatic carboxylic acids is 1. The summed E-state index contributed by atoms with van der Waals surface area (Å²) in [4.78, 5) is 32.5. The van der Waals surface area contributed by atoms with Crippen molar-refractivity contribution in [3.8, 4) is 0 Å². The average Bonchev–Trinajstić information content (AvgIpc) is 2.29. The Bertz CT molecular complexity index is 469. The molecule has 1 rings (SSSR count). The summed E-state index contributed by atoms with van der Waals surface area (Å²) in [6.07, 6.45) is 0. The molecule has 18 heavy (non-hydrogen) atoms. The van der Waals surface area contributed by atoms with Crippen molar-refractivity contribution >= 4 is 17.6 Å². The van der Waals surface area contributed by atoms with Crippen LogP contribution < -0.4 is 5.32 Å². The molecule has 0 heterocycles. The van der Waals surface area contributed by atoms with Gasteiger partial charge >= 0.3 is 5.97 Å². The van der Waals surface area contributed by atoms with Gasteiger partial charge in [0.05, 0.1) is 4.92 Å². The van der Waals surface area contributed by atoms with Gasteiger partial charge in [-0.15, -0.1) is 0 Å². The second-order valence-corrected chi connectivity index (χ2v) is 3.51. The van der Waals surface area contributed by atoms with Crippen molar-refractivity contribution in [3.05, 3.63) is 39.9 Å². The van der Waals surface area contributed by atoms with Gasteiger partial charge in [0.15, 0.2) is 5.92 Å². The van der Waals surface area contributed by atoms with Gasteiger partial charge in [-0.1, -0.05) is 12.1 Å². The fourth-order valence-corrected chi connectivity index (χ4v) is 1.47. The van der Waals surface area contributed by atoms with Crippen molar-refractivity contribution in [2.24, 2.45) is 0 Å². The van der Waals surface area contributed by atoms with E-state index in [9.17, 15) is 19.7 Å². The van der Waals surface area contributed by atoms with Gasteiger partial charge < -0.3 is 10.4 Å². The highest BCUT2D eigenvalue weighted by Crippen LogP contribution is 2.20. The molecule has 0 spiro atoms. The molecule has 1 unspecified atom stereocenters. The van der Waals surface area contributed by atoms with Gasteiger partial charge in [0.25, 0.3) is 5.69 Å². The molecule has 2 N–H and O–H groups in total. The number of carboxylic acids is 1. The maximum absolute atomic E-state index is 11.6. The molecule has 0 saturated heterocycles. The summed E-state index contributed by atoms with van der Waals surface area (Å²) in [7, 11) is 0. The first kappa shape index (κ1) is 13.6. The van der Waals surface area contributed by atoms with E-state index in [4.69, 9.17) is 5.11 Å². The quantitative estimate of drug-likeness (QED) is 0.459. The van der Waals surface area contributed by atoms with E-state index >= 15 is 0 Å². The van der Waals surface area contributed by atoms with E-state index in [1.165, 1.54) is 24.3 Å². The van der Waals surface area contributed by atoms with Crippen LogP contribution in [0.3, 0.4) is 0 Å². The topological polar surface area (TPSA) is 110 Å². The Morgan fingerprint density at radius 3 is 2.33 bits per heavy atom. The molecule has 0 aromatic heterocycles. The van der Waals surface area contributed by atoms with Gasteiger partial charge in [0.1, 0.15) is 0 Å². The lowest BCUT2D eigenvalue weighted by atomic mass is 9.98. The third kappa shape index (κ3) is 3.03. The third-order valence-electron chi connectivity index (χ3n) is 2.30. The molecule has 0 aliphatic rings. The molecule has 1 aromatic rings. The number of nitrogens with zero attached hydrogens (tertiary/aromatic N) is 1. The highest BCUT2D eigenvalue weighted by molar-refractivity contribution is 6.02. The zero-order chi connectivity index (χ0) is 13.7. The number of nitro groups is 1. The molecule has 0 fully saturated rings. The van der Waals surface area contributed by atoms with Crippen LogP contribution in [0.1, 0.15) is 18.4 Å². The minimum absolute atomic E-state index is 0.154. The van der Waals surface area contributed by atoms with Crippen LogP contribution in [0.25, 0.3) is 0 Å². The van der Waals surface area contributed by atoms with Crippen LogP contribution in [0, 0.1) is 10.1 Å². The Labute approximate surface area is 103 Å². The van der Waals surface area contributed by atoms with Crippen molar-refractivity contribution in [2.45, 2.75) is 12.8 Å². The molecule has 1 atom stereocenters. The van der Waals surface area contributed by atoms with Crippen LogP contribution in [0.2, 0.25) is 0 Å². The molecule has 1 amide bonds. The summed E-state index contributed by atoms with van der Waals surface area (Å²) in [5, 5.41) is 21.9. The molecule has 7 nitrogen and oxygen atoms in total. The van der Waals surface area contributed by atoms with Gasteiger partial charge in [-0.25, -0.2) is 0 Å². The van der Waals surface area contributed by atoms with E-state index in [1.807, 2.05) is 0 Å². The number of non-ortho nitro benzene ring substituents is 1. The first-order valence-corrected chi connectivity index (χ1v) is 5.22. The highest BCUT2D eigenvalue weighted by Gasteiger charge is 2.28. The number of likely N-dealkylation sites (N-methyl/N-ethyl adjacent to an activating group) is 1. The molecule has 7 heteroatoms. The van der Waals surface area contributed by atoms with Crippen LogP contribution >= 0.6 is 0 Å². The number of nitro benzene ring substituents is 1. The number of carboxylic acid groups (broad SMARTS) is 1. The van der Waals surface area contributed by atoms with E-state index in [1.54, 1.807) is 6.92 Å². The number of benzene rings is 1. The standard InChI is InChI=1S/C11H12N2O5/c1-2-12-10(14)9(11(15)16)7-3-5-8(6-4-7)13(17)18/h3-6,9H,2H2,1H3,(H,12,14)(H,15,16). The second-order valence-electron chi connectivity index (χ2n) is 3.51. The van der Waals surface area contributed by atoms with Gasteiger partial charge in [-0.3, -0.25) is 19.7 Å². The summed E-state index contributed by atoms with van der Waals surface area (Å²) in [5.41, 5.74) is 0.0536. The Kier molecular flexibility index (Phi) is 4.36. The fourth-order valence-electron chi connectivity index (χ4n) is 1.47. The molecule has 0 bridgehead atoms. The van der Waals surface area contributed by atoms with Crippen LogP contribution in [-0.2, 0) is 9.59 Å². The Balaban J connectivity index is 3.03. The highest BCUT2D eigenvalue weighted by atomic mass is 16.6. The Morgan fingerprint density at radius 2 is 1.94 bits per heavy atom. The molecule has 0 radical (unpaired) electrons. The summed E-state index contributed by atoms with van der Waals surface area (Å²) >= 11 is 0. The Morgan fingerprint density at radius 1 is 1.39 bits per heavy atom. The summed E-state index contributed by atoms with van der Waals surface area (Å²) in [6, 6.07) is 4.88. The molecular formula is C11H12N2O5. The van der Waals surface area contributed by atoms with E-state index < -0.39 is 22.7 Å². The number of carbonyl (C=O) groups is 2. The SMILES string of the molecule is CCNC(=O)C(C(=O)O)c1ccc([N+](=O)[O-])cc1. The molecule has 1 aromatic carbocycles. The first-order chi connectivity index (χ1) is 8.47. The summed E-state index contributed by atoms with van der Waals surface area (Å²) in [6.45, 7) is 1.99. The van der Waals surface area contributed by atoms with Crippen LogP contribution in [0.5, 0.6) is 0 Å². The molecule has 96 valence electrons. The maximum Gasteiger partial charge on any atom is 0.320 e. The number of rotatable bonds is 5. The lowest BCUT2D eigenvalue weighted by molar-refractivity contribution is -0.384. The van der Waals surface area contributed by atoms with Crippen LogP contribution in [-0.4, -0.2) is 28.5 Å². The number of carbonyl (C=O) groups excluding carboxylic acids is 1. The molecular weight excluding hydrogens is 240 g/mol. The summed E-state index contributed by atoms with van der Waals surface area (Å²) in [5.74, 6) is -3.29. The van der Waals surface area contributed by atoms with E-state index in [0.717, 1.165) is 0 Å². The maximum atomic E-state index is 11.6. The number of hydrogen-bond donors (Lipinski definition) is 2. The van der Waals surface area contributed by atoms with Crippen LogP contribution in [0.15, 0.2) is 24.3 Å². The normalized spacial score (nSPS) is 11.6. The van der Waals surface area contributed by atoms with Gasteiger partial charge in [-0.05, 0) is 12.5 Å². The largest absolute Gasteiger partial charge is 0.480 e. The van der Waals surface area contributed by atoms with Gasteiger partial charge in [0.2, 0.25) is 5.91 Å². The van der Waals surface area contributed by atoms with Crippen molar-refractivity contribution in [2.75, 3.05) is 6.54 Å². The lowest BCUT2D eigenvalue weighted by Crippen LogP contribution is -2.33. The van der Waals surface area contributed by atoms with Crippen molar-refractivity contribution in [1.82, 2.24) is 5.32 Å². The average molecular weight is 252 g/mol. The van der Waals surface area contributed by atoms with Crippen molar-refractivity contribution in [1.29, 1.82) is 0 Å². The first-order valence-electron chi connectivity index (χ1n) is 5.22. The lowest BCUT2D eigenvalue weighted by Gasteiger charge is -2.11. The number of hydrogen-bond acceptors (Lipinski definition) is 4. The predicted octanol–water partition coefficient (Wildman–Crippen LogP) is 0.899.